The normalized spacial score (nSPS) is 10.3. The SMILES string of the molecule is ClC(c1ccccc1)=c1ssc(=C(Cl)c2ccccc2)ss1. The molecule has 0 unspecified atom stereocenters. The highest BCUT2D eigenvalue weighted by Gasteiger charge is 2.02. The third-order valence-electron chi connectivity index (χ3n) is 2.80. The molecule has 0 nitrogen and oxygen atoms in total. The van der Waals surface area contributed by atoms with E-state index in [1.165, 1.54) is 0 Å². The van der Waals surface area contributed by atoms with Crippen molar-refractivity contribution in [3.8, 4) is 0 Å². The molecular weight excluding hydrogens is 391 g/mol. The van der Waals surface area contributed by atoms with E-state index < -0.39 is 0 Å². The van der Waals surface area contributed by atoms with Crippen molar-refractivity contribution in [2.45, 2.75) is 0 Å². The molecule has 3 rings (SSSR count). The van der Waals surface area contributed by atoms with Gasteiger partial charge < -0.3 is 0 Å². The fraction of sp³-hybridized carbons (Fsp3) is 0. The predicted octanol–water partition coefficient (Wildman–Crippen LogP) is 5.85. The first-order valence-corrected chi connectivity index (χ1v) is 11.4. The molecule has 3 aromatic rings. The van der Waals surface area contributed by atoms with Crippen LogP contribution in [-0.2, 0) is 0 Å². The lowest BCUT2D eigenvalue weighted by atomic mass is 10.2. The molecule has 0 aliphatic heterocycles. The van der Waals surface area contributed by atoms with E-state index in [0.29, 0.717) is 0 Å². The van der Waals surface area contributed by atoms with Crippen LogP contribution in [0.15, 0.2) is 60.7 Å². The van der Waals surface area contributed by atoms with Gasteiger partial charge in [-0.15, -0.1) is 0 Å². The van der Waals surface area contributed by atoms with Crippen LogP contribution in [-0.4, -0.2) is 0 Å². The Morgan fingerprint density at radius 2 is 0.864 bits per heavy atom. The number of hydrogen-bond acceptors (Lipinski definition) is 4. The van der Waals surface area contributed by atoms with Crippen LogP contribution < -0.4 is 7.69 Å². The van der Waals surface area contributed by atoms with Crippen molar-refractivity contribution in [3.63, 3.8) is 0 Å². The summed E-state index contributed by atoms with van der Waals surface area (Å²) in [6.07, 6.45) is 0. The van der Waals surface area contributed by atoms with Crippen LogP contribution in [0.2, 0.25) is 0 Å². The van der Waals surface area contributed by atoms with Crippen LogP contribution in [0.5, 0.6) is 0 Å². The highest BCUT2D eigenvalue weighted by molar-refractivity contribution is 7.81. The average molecular weight is 401 g/mol. The molecule has 112 valence electrons. The van der Waals surface area contributed by atoms with Gasteiger partial charge in [0.2, 0.25) is 0 Å². The third-order valence-corrected chi connectivity index (χ3v) is 10.4. The van der Waals surface area contributed by atoms with E-state index in [2.05, 4.69) is 0 Å². The molecule has 0 bridgehead atoms. The molecular formula is C16H10Cl2S4. The molecule has 0 aliphatic carbocycles. The van der Waals surface area contributed by atoms with E-state index >= 15 is 0 Å². The van der Waals surface area contributed by atoms with Gasteiger partial charge in [-0.25, -0.2) is 0 Å². The standard InChI is InChI=1S/C16H10Cl2S4/c17-13(11-7-3-1-4-8-11)15-19-21-16(22-20-15)14(18)12-9-5-2-6-10-12/h1-10H. The van der Waals surface area contributed by atoms with Crippen LogP contribution in [0.3, 0.4) is 0 Å². The van der Waals surface area contributed by atoms with Gasteiger partial charge in [0.15, 0.2) is 0 Å². The molecule has 0 saturated heterocycles. The molecule has 22 heavy (non-hydrogen) atoms. The van der Waals surface area contributed by atoms with Gasteiger partial charge >= 0.3 is 0 Å². The Kier molecular flexibility index (Phi) is 5.74. The predicted molar refractivity (Wildman–Crippen MR) is 104 cm³/mol. The molecule has 0 saturated carbocycles. The molecule has 6 heteroatoms. The van der Waals surface area contributed by atoms with Gasteiger partial charge in [0.25, 0.3) is 0 Å². The van der Waals surface area contributed by atoms with Gasteiger partial charge in [-0.05, 0) is 11.1 Å². The largest absolute Gasteiger partial charge is 0.120 e. The van der Waals surface area contributed by atoms with Crippen LogP contribution in [0, 0.1) is 0 Å². The minimum absolute atomic E-state index is 0.797. The van der Waals surface area contributed by atoms with Crippen molar-refractivity contribution in [1.29, 1.82) is 0 Å². The van der Waals surface area contributed by atoms with Crippen LogP contribution in [0.4, 0.5) is 0 Å². The zero-order chi connectivity index (χ0) is 15.4. The fourth-order valence-electron chi connectivity index (χ4n) is 1.73. The number of halogens is 2. The average Bonchev–Trinajstić information content (AvgIpc) is 2.62. The summed E-state index contributed by atoms with van der Waals surface area (Å²) in [5.74, 6) is 0. The zero-order valence-electron chi connectivity index (χ0n) is 11.2. The van der Waals surface area contributed by atoms with Crippen LogP contribution in [0.25, 0.3) is 10.1 Å². The molecule has 1 aromatic heterocycles. The van der Waals surface area contributed by atoms with Crippen LogP contribution in [0.1, 0.15) is 11.1 Å². The van der Waals surface area contributed by atoms with E-state index in [1.807, 2.05) is 60.7 Å². The summed E-state index contributed by atoms with van der Waals surface area (Å²) < 4.78 is 2.20. The van der Waals surface area contributed by atoms with Crippen molar-refractivity contribution in [2.24, 2.45) is 0 Å². The first-order valence-electron chi connectivity index (χ1n) is 6.35. The van der Waals surface area contributed by atoms with E-state index in [-0.39, 0.29) is 0 Å². The lowest BCUT2D eigenvalue weighted by molar-refractivity contribution is 1.65. The summed E-state index contributed by atoms with van der Waals surface area (Å²) in [4.78, 5) is 0. The van der Waals surface area contributed by atoms with Gasteiger partial charge in [0, 0.05) is 0 Å². The second-order valence-electron chi connectivity index (χ2n) is 4.27. The van der Waals surface area contributed by atoms with Crippen molar-refractivity contribution in [1.82, 2.24) is 0 Å². The molecule has 1 heterocycles. The van der Waals surface area contributed by atoms with E-state index in [1.54, 1.807) is 41.4 Å². The maximum atomic E-state index is 6.49. The molecule has 0 fully saturated rings. The number of benzene rings is 2. The van der Waals surface area contributed by atoms with Gasteiger partial charge in [-0.1, -0.05) is 125 Å². The molecule has 0 spiro atoms. The summed E-state index contributed by atoms with van der Waals surface area (Å²) in [6, 6.07) is 20.0. The summed E-state index contributed by atoms with van der Waals surface area (Å²) in [5, 5.41) is 1.59. The number of hydrogen-bond donors (Lipinski definition) is 0. The monoisotopic (exact) mass is 400 g/mol. The lowest BCUT2D eigenvalue weighted by Crippen LogP contribution is -1.99. The Hall–Kier alpha value is -0.620. The summed E-state index contributed by atoms with van der Waals surface area (Å²) in [5.41, 5.74) is 2.09. The second kappa shape index (κ2) is 7.77. The quantitative estimate of drug-likeness (QED) is 0.473. The maximum Gasteiger partial charge on any atom is 0.120 e. The van der Waals surface area contributed by atoms with Crippen molar-refractivity contribution in [2.75, 3.05) is 0 Å². The van der Waals surface area contributed by atoms with Gasteiger partial charge in [0.05, 0.1) is 10.1 Å². The minimum atomic E-state index is 0.797. The first kappa shape index (κ1) is 16.2. The Morgan fingerprint density at radius 1 is 0.545 bits per heavy atom. The zero-order valence-corrected chi connectivity index (χ0v) is 15.9. The topological polar surface area (TPSA) is 0 Å². The molecule has 0 radical (unpaired) electrons. The van der Waals surface area contributed by atoms with Crippen molar-refractivity contribution < 1.29 is 0 Å². The van der Waals surface area contributed by atoms with Crippen molar-refractivity contribution in [3.05, 3.63) is 79.5 Å². The highest BCUT2D eigenvalue weighted by atomic mass is 35.5. The Balaban J connectivity index is 2.07. The Bertz CT molecular complexity index is 796. The van der Waals surface area contributed by atoms with Crippen LogP contribution >= 0.6 is 64.6 Å². The molecule has 0 N–H and O–H groups in total. The van der Waals surface area contributed by atoms with E-state index in [0.717, 1.165) is 28.9 Å². The number of rotatable bonds is 2. The highest BCUT2D eigenvalue weighted by Crippen LogP contribution is 2.20. The van der Waals surface area contributed by atoms with Gasteiger partial charge in [0.1, 0.15) is 7.69 Å². The second-order valence-corrected chi connectivity index (χ2v) is 9.84. The van der Waals surface area contributed by atoms with E-state index in [4.69, 9.17) is 23.2 Å². The summed E-state index contributed by atoms with van der Waals surface area (Å²) in [6.45, 7) is 0. The fourth-order valence-corrected chi connectivity index (χ4v) is 9.42. The lowest BCUT2D eigenvalue weighted by Gasteiger charge is -1.98. The molecule has 0 atom stereocenters. The molecule has 0 aliphatic rings. The Morgan fingerprint density at radius 3 is 1.18 bits per heavy atom. The maximum absolute atomic E-state index is 6.49. The minimum Gasteiger partial charge on any atom is -0.0812 e. The third kappa shape index (κ3) is 3.82. The molecule has 0 amide bonds. The van der Waals surface area contributed by atoms with Gasteiger partial charge in [-0.2, -0.15) is 0 Å². The smallest absolute Gasteiger partial charge is 0.0812 e. The molecule has 2 aromatic carbocycles. The van der Waals surface area contributed by atoms with E-state index in [9.17, 15) is 0 Å². The summed E-state index contributed by atoms with van der Waals surface area (Å²) >= 11 is 13.0. The van der Waals surface area contributed by atoms with Crippen molar-refractivity contribution >= 4 is 74.6 Å². The Labute approximate surface area is 153 Å². The first-order chi connectivity index (χ1) is 10.8. The summed E-state index contributed by atoms with van der Waals surface area (Å²) in [7, 11) is 6.65. The van der Waals surface area contributed by atoms with Gasteiger partial charge in [-0.3, -0.25) is 0 Å².